The molecule has 1 N–H and O–H groups in total. The van der Waals surface area contributed by atoms with E-state index >= 15 is 4.79 Å². The average Bonchev–Trinajstić information content (AvgIpc) is 3.64. The number of amides is 3. The van der Waals surface area contributed by atoms with Gasteiger partial charge < -0.3 is 24.5 Å². The fourth-order valence-corrected chi connectivity index (χ4v) is 8.24. The van der Waals surface area contributed by atoms with Gasteiger partial charge in [-0.25, -0.2) is 0 Å². The molecule has 1 spiro atoms. The molecule has 0 radical (unpaired) electrons. The maximum atomic E-state index is 15.1. The van der Waals surface area contributed by atoms with Gasteiger partial charge in [0.2, 0.25) is 11.8 Å². The molecular formula is C38H43N3O5. The SMILES string of the molecule is C=CCN(CCC)C(=O)[C@H]1[C@H]2C(=O)N([C@H](CO)c3ccccc3)C(C(=O)N(CC=C)c3ccc4ccccc4c3)C23CC[C@]1(C)O3. The number of nitrogens with zero attached hydrogens (tertiary/aromatic N) is 3. The third kappa shape index (κ3) is 4.95. The standard InChI is InChI=1S/C38H43N3O5/c1-5-21-39(22-6-2)34(43)31-32-35(44)41(30(25-42)27-14-9-8-10-15-27)33(38(32)20-19-37(31,4)46-38)36(45)40(23-7-3)29-18-17-26-13-11-12-16-28(26)24-29/h5,7-18,24,30-33,42H,1,3,6,19-23,25H2,2,4H3/t30-,31-,32+,33?,37+,38?/m1/s1. The van der Waals surface area contributed by atoms with Gasteiger partial charge in [-0.1, -0.05) is 79.7 Å². The summed E-state index contributed by atoms with van der Waals surface area (Å²) in [4.78, 5) is 49.3. The van der Waals surface area contributed by atoms with Crippen LogP contribution in [0.25, 0.3) is 10.8 Å². The monoisotopic (exact) mass is 621 g/mol. The number of likely N-dealkylation sites (tertiary alicyclic amines) is 1. The first-order chi connectivity index (χ1) is 22.2. The lowest BCUT2D eigenvalue weighted by atomic mass is 9.66. The van der Waals surface area contributed by atoms with E-state index in [0.717, 1.165) is 17.2 Å². The number of aliphatic hydroxyl groups is 1. The molecule has 3 aromatic rings. The summed E-state index contributed by atoms with van der Waals surface area (Å²) in [6.45, 7) is 12.4. The van der Waals surface area contributed by atoms with Crippen LogP contribution in [-0.4, -0.2) is 76.1 Å². The number of carbonyl (C=O) groups excluding carboxylic acids is 3. The summed E-state index contributed by atoms with van der Waals surface area (Å²) in [6, 6.07) is 21.2. The summed E-state index contributed by atoms with van der Waals surface area (Å²) >= 11 is 0. The number of rotatable bonds is 12. The van der Waals surface area contributed by atoms with Crippen molar-refractivity contribution in [2.75, 3.05) is 31.1 Å². The average molecular weight is 622 g/mol. The van der Waals surface area contributed by atoms with Crippen LogP contribution in [-0.2, 0) is 19.1 Å². The minimum absolute atomic E-state index is 0.157. The molecule has 2 unspecified atom stereocenters. The predicted octanol–water partition coefficient (Wildman–Crippen LogP) is 5.28. The summed E-state index contributed by atoms with van der Waals surface area (Å²) in [6.07, 6.45) is 5.10. The Labute approximate surface area is 270 Å². The molecule has 0 aliphatic carbocycles. The van der Waals surface area contributed by atoms with E-state index in [0.29, 0.717) is 37.2 Å². The summed E-state index contributed by atoms with van der Waals surface area (Å²) in [5, 5.41) is 12.9. The Hall–Kier alpha value is -4.27. The van der Waals surface area contributed by atoms with E-state index in [2.05, 4.69) is 13.2 Å². The van der Waals surface area contributed by atoms with Crippen LogP contribution in [0, 0.1) is 11.8 Å². The Kier molecular flexibility index (Phi) is 8.61. The molecule has 3 aromatic carbocycles. The van der Waals surface area contributed by atoms with Crippen LogP contribution in [0.2, 0.25) is 0 Å². The Bertz CT molecular complexity index is 1660. The molecule has 3 aliphatic heterocycles. The number of ether oxygens (including phenoxy) is 1. The fourth-order valence-electron chi connectivity index (χ4n) is 8.24. The quantitative estimate of drug-likeness (QED) is 0.278. The van der Waals surface area contributed by atoms with Gasteiger partial charge in [0, 0.05) is 25.3 Å². The maximum absolute atomic E-state index is 15.1. The van der Waals surface area contributed by atoms with Crippen molar-refractivity contribution in [3.05, 3.63) is 104 Å². The van der Waals surface area contributed by atoms with Crippen LogP contribution >= 0.6 is 0 Å². The van der Waals surface area contributed by atoms with Gasteiger partial charge in [-0.15, -0.1) is 13.2 Å². The topological polar surface area (TPSA) is 90.4 Å². The first-order valence-electron chi connectivity index (χ1n) is 16.2. The number of carbonyl (C=O) groups is 3. The zero-order valence-electron chi connectivity index (χ0n) is 26.7. The van der Waals surface area contributed by atoms with Gasteiger partial charge >= 0.3 is 0 Å². The molecule has 0 saturated carbocycles. The van der Waals surface area contributed by atoms with Crippen LogP contribution in [0.1, 0.15) is 44.7 Å². The van der Waals surface area contributed by atoms with Crippen molar-refractivity contribution in [2.45, 2.75) is 56.4 Å². The molecule has 3 fully saturated rings. The summed E-state index contributed by atoms with van der Waals surface area (Å²) in [5.41, 5.74) is -0.782. The highest BCUT2D eigenvalue weighted by molar-refractivity contribution is 6.06. The molecule has 8 nitrogen and oxygen atoms in total. The Morgan fingerprint density at radius 3 is 2.37 bits per heavy atom. The van der Waals surface area contributed by atoms with Crippen molar-refractivity contribution in [1.82, 2.24) is 9.80 Å². The Morgan fingerprint density at radius 1 is 1.00 bits per heavy atom. The highest BCUT2D eigenvalue weighted by Crippen LogP contribution is 2.64. The summed E-state index contributed by atoms with van der Waals surface area (Å²) in [7, 11) is 0. The second kappa shape index (κ2) is 12.5. The Balaban J connectivity index is 1.50. The molecule has 3 aliphatic rings. The van der Waals surface area contributed by atoms with Gasteiger partial charge in [0.1, 0.15) is 11.6 Å². The van der Waals surface area contributed by atoms with E-state index < -0.39 is 41.7 Å². The van der Waals surface area contributed by atoms with Crippen LogP contribution in [0.15, 0.2) is 98.1 Å². The minimum Gasteiger partial charge on any atom is -0.394 e. The largest absolute Gasteiger partial charge is 0.394 e. The fraction of sp³-hybridized carbons (Fsp3) is 0.395. The molecule has 8 heteroatoms. The van der Waals surface area contributed by atoms with Crippen LogP contribution in [0.3, 0.4) is 0 Å². The van der Waals surface area contributed by atoms with Gasteiger partial charge in [-0.3, -0.25) is 14.4 Å². The minimum atomic E-state index is -1.24. The lowest BCUT2D eigenvalue weighted by Crippen LogP contribution is -2.57. The molecule has 240 valence electrons. The van der Waals surface area contributed by atoms with Gasteiger partial charge in [0.05, 0.1) is 30.1 Å². The second-order valence-corrected chi connectivity index (χ2v) is 12.9. The van der Waals surface area contributed by atoms with E-state index in [-0.39, 0.29) is 24.3 Å². The number of hydrogen-bond acceptors (Lipinski definition) is 5. The third-order valence-electron chi connectivity index (χ3n) is 10.2. The molecule has 0 aromatic heterocycles. The van der Waals surface area contributed by atoms with E-state index in [4.69, 9.17) is 4.74 Å². The normalized spacial score (nSPS) is 27.0. The van der Waals surface area contributed by atoms with E-state index in [9.17, 15) is 14.7 Å². The number of fused-ring (bicyclic) bond motifs is 2. The van der Waals surface area contributed by atoms with Crippen molar-refractivity contribution in [1.29, 1.82) is 0 Å². The molecule has 6 rings (SSSR count). The lowest BCUT2D eigenvalue weighted by Gasteiger charge is -2.39. The highest BCUT2D eigenvalue weighted by atomic mass is 16.5. The smallest absolute Gasteiger partial charge is 0.253 e. The first kappa shape index (κ1) is 31.7. The van der Waals surface area contributed by atoms with Crippen molar-refractivity contribution in [3.8, 4) is 0 Å². The molecule has 6 atom stereocenters. The maximum Gasteiger partial charge on any atom is 0.253 e. The predicted molar refractivity (Wildman–Crippen MR) is 179 cm³/mol. The zero-order chi connectivity index (χ0) is 32.6. The highest BCUT2D eigenvalue weighted by Gasteiger charge is 2.79. The molecule has 2 bridgehead atoms. The number of anilines is 1. The molecule has 3 heterocycles. The Morgan fingerprint density at radius 2 is 1.70 bits per heavy atom. The van der Waals surface area contributed by atoms with Gasteiger partial charge in [-0.2, -0.15) is 0 Å². The lowest BCUT2D eigenvalue weighted by molar-refractivity contribution is -0.152. The van der Waals surface area contributed by atoms with E-state index in [1.54, 1.807) is 22.0 Å². The van der Waals surface area contributed by atoms with Crippen molar-refractivity contribution in [2.24, 2.45) is 11.8 Å². The number of hydrogen-bond donors (Lipinski definition) is 1. The van der Waals surface area contributed by atoms with E-state index in [1.807, 2.05) is 86.6 Å². The van der Waals surface area contributed by atoms with Crippen LogP contribution in [0.4, 0.5) is 5.69 Å². The van der Waals surface area contributed by atoms with Crippen molar-refractivity contribution >= 4 is 34.2 Å². The second-order valence-electron chi connectivity index (χ2n) is 12.9. The van der Waals surface area contributed by atoms with Gasteiger partial charge in [0.25, 0.3) is 5.91 Å². The number of aliphatic hydroxyl groups excluding tert-OH is 1. The van der Waals surface area contributed by atoms with Gasteiger partial charge in [-0.05, 0) is 54.7 Å². The molecular weight excluding hydrogens is 578 g/mol. The van der Waals surface area contributed by atoms with Gasteiger partial charge in [0.15, 0.2) is 0 Å². The number of benzene rings is 3. The van der Waals surface area contributed by atoms with Crippen LogP contribution in [0.5, 0.6) is 0 Å². The van der Waals surface area contributed by atoms with Crippen molar-refractivity contribution in [3.63, 3.8) is 0 Å². The molecule has 3 saturated heterocycles. The third-order valence-corrected chi connectivity index (χ3v) is 10.2. The van der Waals surface area contributed by atoms with E-state index in [1.165, 1.54) is 4.90 Å². The zero-order valence-corrected chi connectivity index (χ0v) is 26.7. The summed E-state index contributed by atoms with van der Waals surface area (Å²) in [5.74, 6) is -2.47. The summed E-state index contributed by atoms with van der Waals surface area (Å²) < 4.78 is 6.92. The van der Waals surface area contributed by atoms with Crippen LogP contribution < -0.4 is 4.90 Å². The van der Waals surface area contributed by atoms with Crippen molar-refractivity contribution < 1.29 is 24.2 Å². The molecule has 3 amide bonds. The molecule has 46 heavy (non-hydrogen) atoms. The first-order valence-corrected chi connectivity index (χ1v) is 16.2.